The summed E-state index contributed by atoms with van der Waals surface area (Å²) in [5.74, 6) is 0.437. The molecule has 0 N–H and O–H groups in total. The molecule has 2 aromatic carbocycles. The topological polar surface area (TPSA) is 86.2 Å². The zero-order valence-corrected chi connectivity index (χ0v) is 19.6. The van der Waals surface area contributed by atoms with Gasteiger partial charge in [-0.1, -0.05) is 47.6 Å². The lowest BCUT2D eigenvalue weighted by molar-refractivity contribution is -0.765. The van der Waals surface area contributed by atoms with E-state index in [-0.39, 0.29) is 5.91 Å². The standard InChI is InChI=1S/C24H19ClN4O3S/c1-13-8-9-15(12-17(13)25)19-10-11-20(32-19)23-28(14(2)30)18-7-5-4-6-16(18)21-22(31)26-24(33-3)27-29(21)23/h4-12,23H,1-3H3. The van der Waals surface area contributed by atoms with E-state index in [1.54, 1.807) is 29.4 Å². The molecule has 4 aromatic rings. The molecule has 2 aromatic heterocycles. The van der Waals surface area contributed by atoms with Crippen LogP contribution in [-0.2, 0) is 4.79 Å². The van der Waals surface area contributed by atoms with Crippen LogP contribution in [0.25, 0.3) is 22.6 Å². The van der Waals surface area contributed by atoms with E-state index >= 15 is 0 Å². The summed E-state index contributed by atoms with van der Waals surface area (Å²) in [6, 6.07) is 16.5. The van der Waals surface area contributed by atoms with Crippen molar-refractivity contribution in [1.29, 1.82) is 0 Å². The first-order chi connectivity index (χ1) is 15.9. The second-order valence-corrected chi connectivity index (χ2v) is 8.82. The Morgan fingerprint density at radius 2 is 2.00 bits per heavy atom. The van der Waals surface area contributed by atoms with Gasteiger partial charge in [0, 0.05) is 22.6 Å². The number of aromatic nitrogens is 3. The van der Waals surface area contributed by atoms with Crippen LogP contribution in [0.3, 0.4) is 0 Å². The number of furan rings is 1. The van der Waals surface area contributed by atoms with E-state index < -0.39 is 12.0 Å². The third-order valence-electron chi connectivity index (χ3n) is 5.58. The van der Waals surface area contributed by atoms with Crippen LogP contribution in [0.2, 0.25) is 5.02 Å². The van der Waals surface area contributed by atoms with Crippen LogP contribution in [0, 0.1) is 6.92 Å². The van der Waals surface area contributed by atoms with Gasteiger partial charge in [-0.15, -0.1) is 0 Å². The van der Waals surface area contributed by atoms with Gasteiger partial charge < -0.3 is 9.52 Å². The molecule has 1 amide bonds. The molecule has 3 heterocycles. The molecule has 0 saturated carbocycles. The summed E-state index contributed by atoms with van der Waals surface area (Å²) >= 11 is 7.56. The minimum absolute atomic E-state index is 0.210. The number of fused-ring (bicyclic) bond motifs is 3. The first-order valence-corrected chi connectivity index (χ1v) is 11.8. The molecule has 1 aliphatic rings. The van der Waals surface area contributed by atoms with E-state index in [0.29, 0.717) is 38.6 Å². The third-order valence-corrected chi connectivity index (χ3v) is 6.52. The number of hydrogen-bond donors (Lipinski definition) is 0. The molecular weight excluding hydrogens is 460 g/mol. The maximum atomic E-state index is 13.0. The van der Waals surface area contributed by atoms with Crippen molar-refractivity contribution in [1.82, 2.24) is 10.1 Å². The van der Waals surface area contributed by atoms with E-state index in [4.69, 9.17) is 16.0 Å². The summed E-state index contributed by atoms with van der Waals surface area (Å²) in [6.07, 6.45) is 1.01. The van der Waals surface area contributed by atoms with Gasteiger partial charge in [-0.25, -0.2) is 9.88 Å². The number of thioether (sulfide) groups is 1. The number of benzene rings is 2. The summed E-state index contributed by atoms with van der Waals surface area (Å²) in [4.78, 5) is 18.6. The van der Waals surface area contributed by atoms with Crippen molar-refractivity contribution >= 4 is 35.0 Å². The van der Waals surface area contributed by atoms with Crippen LogP contribution in [0.5, 0.6) is 5.88 Å². The molecule has 9 heteroatoms. The van der Waals surface area contributed by atoms with Gasteiger partial charge in [0.1, 0.15) is 5.76 Å². The zero-order valence-electron chi connectivity index (χ0n) is 18.1. The minimum atomic E-state index is -0.788. The summed E-state index contributed by atoms with van der Waals surface area (Å²) in [5, 5.41) is 18.6. The molecule has 0 radical (unpaired) electrons. The highest BCUT2D eigenvalue weighted by Gasteiger charge is 2.45. The maximum absolute atomic E-state index is 13.0. The Labute approximate surface area is 199 Å². The van der Waals surface area contributed by atoms with Gasteiger partial charge in [-0.2, -0.15) is 0 Å². The van der Waals surface area contributed by atoms with Crippen molar-refractivity contribution in [3.63, 3.8) is 0 Å². The first kappa shape index (κ1) is 21.5. The molecule has 33 heavy (non-hydrogen) atoms. The molecule has 166 valence electrons. The van der Waals surface area contributed by atoms with Crippen LogP contribution in [-0.4, -0.2) is 22.2 Å². The van der Waals surface area contributed by atoms with Gasteiger partial charge in [0.25, 0.3) is 10.9 Å². The summed E-state index contributed by atoms with van der Waals surface area (Å²) in [7, 11) is 0. The van der Waals surface area contributed by atoms with Crippen molar-refractivity contribution < 1.29 is 19.0 Å². The second kappa shape index (κ2) is 8.20. The number of nitrogens with zero attached hydrogens (tertiary/aromatic N) is 4. The predicted molar refractivity (Wildman–Crippen MR) is 124 cm³/mol. The highest BCUT2D eigenvalue weighted by molar-refractivity contribution is 7.98. The predicted octanol–water partition coefficient (Wildman–Crippen LogP) is 4.36. The van der Waals surface area contributed by atoms with E-state index in [0.717, 1.165) is 11.1 Å². The lowest BCUT2D eigenvalue weighted by Gasteiger charge is -2.31. The normalized spacial score (nSPS) is 14.7. The SMILES string of the molecule is CSc1nc([O-])c2[n+](n1)C(c1ccc(-c3ccc(C)c(Cl)c3)o1)N(C(C)=O)c1ccccc1-2. The van der Waals surface area contributed by atoms with Crippen molar-refractivity contribution in [3.05, 3.63) is 70.9 Å². The smallest absolute Gasteiger partial charge is 0.325 e. The number of para-hydroxylation sites is 1. The first-order valence-electron chi connectivity index (χ1n) is 10.2. The molecule has 0 spiro atoms. The molecule has 1 unspecified atom stereocenters. The number of anilines is 1. The molecule has 1 atom stereocenters. The van der Waals surface area contributed by atoms with Gasteiger partial charge in [0.15, 0.2) is 5.76 Å². The minimum Gasteiger partial charge on any atom is -0.854 e. The van der Waals surface area contributed by atoms with Crippen molar-refractivity contribution in [2.45, 2.75) is 25.2 Å². The summed E-state index contributed by atoms with van der Waals surface area (Å²) < 4.78 is 7.76. The van der Waals surface area contributed by atoms with Gasteiger partial charge in [-0.05, 0) is 53.8 Å². The summed E-state index contributed by atoms with van der Waals surface area (Å²) in [5.41, 5.74) is 3.28. The van der Waals surface area contributed by atoms with Crippen LogP contribution >= 0.6 is 23.4 Å². The Morgan fingerprint density at radius 1 is 1.21 bits per heavy atom. The fourth-order valence-corrected chi connectivity index (χ4v) is 4.54. The largest absolute Gasteiger partial charge is 0.854 e. The average molecular weight is 479 g/mol. The number of halogens is 1. The molecule has 0 fully saturated rings. The third kappa shape index (κ3) is 3.55. The van der Waals surface area contributed by atoms with Crippen molar-refractivity contribution in [2.24, 2.45) is 0 Å². The number of aryl methyl sites for hydroxylation is 1. The van der Waals surface area contributed by atoms with Crippen LogP contribution in [0.15, 0.2) is 64.2 Å². The fourth-order valence-electron chi connectivity index (χ4n) is 4.01. The lowest BCUT2D eigenvalue weighted by atomic mass is 10.0. The number of carbonyl (C=O) groups is 1. The van der Waals surface area contributed by atoms with Crippen LogP contribution in [0.1, 0.15) is 24.4 Å². The van der Waals surface area contributed by atoms with Gasteiger partial charge in [0.2, 0.25) is 5.91 Å². The molecule has 0 bridgehead atoms. The van der Waals surface area contributed by atoms with Crippen LogP contribution < -0.4 is 14.7 Å². The molecule has 5 rings (SSSR count). The molecule has 0 aliphatic carbocycles. The van der Waals surface area contributed by atoms with Crippen LogP contribution in [0.4, 0.5) is 5.69 Å². The van der Waals surface area contributed by atoms with Crippen molar-refractivity contribution in [3.8, 4) is 28.5 Å². The van der Waals surface area contributed by atoms with E-state index in [1.165, 1.54) is 23.4 Å². The summed E-state index contributed by atoms with van der Waals surface area (Å²) in [6.45, 7) is 3.41. The molecule has 7 nitrogen and oxygen atoms in total. The Bertz CT molecular complexity index is 1400. The zero-order chi connectivity index (χ0) is 23.3. The Balaban J connectivity index is 1.73. The lowest BCUT2D eigenvalue weighted by Crippen LogP contribution is -2.58. The average Bonchev–Trinajstić information content (AvgIpc) is 3.29. The van der Waals surface area contributed by atoms with E-state index in [9.17, 15) is 9.90 Å². The Hall–Kier alpha value is -3.36. The number of rotatable bonds is 3. The van der Waals surface area contributed by atoms with Gasteiger partial charge in [-0.3, -0.25) is 4.79 Å². The van der Waals surface area contributed by atoms with E-state index in [2.05, 4.69) is 10.1 Å². The Morgan fingerprint density at radius 3 is 2.73 bits per heavy atom. The number of carbonyl (C=O) groups excluding carboxylic acids is 1. The molecule has 1 aliphatic heterocycles. The highest BCUT2D eigenvalue weighted by atomic mass is 35.5. The molecule has 0 saturated heterocycles. The van der Waals surface area contributed by atoms with E-state index in [1.807, 2.05) is 43.3 Å². The second-order valence-electron chi connectivity index (χ2n) is 7.64. The highest BCUT2D eigenvalue weighted by Crippen LogP contribution is 2.41. The monoisotopic (exact) mass is 478 g/mol. The Kier molecular flexibility index (Phi) is 5.34. The van der Waals surface area contributed by atoms with Gasteiger partial charge >= 0.3 is 6.17 Å². The number of hydrogen-bond acceptors (Lipinski definition) is 6. The van der Waals surface area contributed by atoms with Crippen molar-refractivity contribution in [2.75, 3.05) is 11.2 Å². The maximum Gasteiger partial charge on any atom is 0.325 e. The fraction of sp³-hybridized carbons (Fsp3) is 0.167. The quantitative estimate of drug-likeness (QED) is 0.321. The molecular formula is C24H19ClN4O3S. The number of amides is 1. The van der Waals surface area contributed by atoms with Gasteiger partial charge in [0.05, 0.1) is 17.1 Å².